The first-order valence-electron chi connectivity index (χ1n) is 9.74. The average molecular weight is 377 g/mol. The molecule has 1 saturated heterocycles. The second kappa shape index (κ2) is 8.69. The lowest BCUT2D eigenvalue weighted by Gasteiger charge is -2.35. The Morgan fingerprint density at radius 3 is 2.41 bits per heavy atom. The van der Waals surface area contributed by atoms with E-state index in [1.165, 1.54) is 18.2 Å². The number of morpholine rings is 1. The van der Waals surface area contributed by atoms with E-state index < -0.39 is 5.82 Å². The molecule has 1 saturated carbocycles. The van der Waals surface area contributed by atoms with Crippen molar-refractivity contribution in [2.45, 2.75) is 58.2 Å². The maximum absolute atomic E-state index is 14.1. The first kappa shape index (κ1) is 19.6. The summed E-state index contributed by atoms with van der Waals surface area (Å²) >= 11 is 0. The molecule has 0 spiro atoms. The van der Waals surface area contributed by atoms with Crippen LogP contribution in [-0.2, 0) is 9.53 Å². The summed E-state index contributed by atoms with van der Waals surface area (Å²) in [6.45, 7) is 4.85. The molecule has 0 radical (unpaired) electrons. The molecular weight excluding hydrogens is 349 g/mol. The van der Waals surface area contributed by atoms with Crippen LogP contribution in [0.4, 0.5) is 20.6 Å². The monoisotopic (exact) mass is 377 g/mol. The van der Waals surface area contributed by atoms with Gasteiger partial charge in [0.15, 0.2) is 0 Å². The van der Waals surface area contributed by atoms with Crippen LogP contribution in [0.25, 0.3) is 0 Å². The minimum absolute atomic E-state index is 0.0296. The van der Waals surface area contributed by atoms with Gasteiger partial charge in [-0.05, 0) is 44.9 Å². The number of urea groups is 1. The number of nitrogens with zero attached hydrogens (tertiary/aromatic N) is 1. The van der Waals surface area contributed by atoms with Crippen molar-refractivity contribution in [2.24, 2.45) is 5.92 Å². The maximum Gasteiger partial charge on any atom is 0.322 e. The van der Waals surface area contributed by atoms with Crippen LogP contribution in [-0.4, -0.2) is 42.1 Å². The fourth-order valence-corrected chi connectivity index (χ4v) is 3.84. The Bertz CT molecular complexity index is 681. The molecule has 2 N–H and O–H groups in total. The second-order valence-corrected chi connectivity index (χ2v) is 7.61. The molecule has 1 aliphatic carbocycles. The van der Waals surface area contributed by atoms with E-state index in [2.05, 4.69) is 10.6 Å². The van der Waals surface area contributed by atoms with Gasteiger partial charge in [-0.25, -0.2) is 9.18 Å². The van der Waals surface area contributed by atoms with E-state index in [0.29, 0.717) is 18.8 Å². The van der Waals surface area contributed by atoms with Crippen molar-refractivity contribution in [3.05, 3.63) is 24.0 Å². The third kappa shape index (κ3) is 5.19. The fraction of sp³-hybridized carbons (Fsp3) is 0.600. The van der Waals surface area contributed by atoms with Gasteiger partial charge in [-0.15, -0.1) is 0 Å². The second-order valence-electron chi connectivity index (χ2n) is 7.61. The molecule has 1 aliphatic heterocycles. The Balaban J connectivity index is 1.64. The van der Waals surface area contributed by atoms with E-state index in [0.717, 1.165) is 32.1 Å². The van der Waals surface area contributed by atoms with Gasteiger partial charge in [0.25, 0.3) is 0 Å². The lowest BCUT2D eigenvalue weighted by molar-refractivity contribution is -0.120. The maximum atomic E-state index is 14.1. The summed E-state index contributed by atoms with van der Waals surface area (Å²) in [4.78, 5) is 26.6. The molecule has 7 heteroatoms. The fourth-order valence-electron chi connectivity index (χ4n) is 3.84. The van der Waals surface area contributed by atoms with Gasteiger partial charge in [-0.1, -0.05) is 19.3 Å². The minimum atomic E-state index is -0.509. The summed E-state index contributed by atoms with van der Waals surface area (Å²) < 4.78 is 19.8. The van der Waals surface area contributed by atoms with Crippen LogP contribution in [0.5, 0.6) is 0 Å². The van der Waals surface area contributed by atoms with Crippen molar-refractivity contribution < 1.29 is 18.7 Å². The highest BCUT2D eigenvalue weighted by Gasteiger charge is 2.26. The van der Waals surface area contributed by atoms with E-state index in [9.17, 15) is 14.0 Å². The molecule has 2 aliphatic rings. The number of amides is 3. The van der Waals surface area contributed by atoms with E-state index in [1.807, 2.05) is 13.8 Å². The van der Waals surface area contributed by atoms with Crippen LogP contribution >= 0.6 is 0 Å². The Kier molecular flexibility index (Phi) is 6.31. The summed E-state index contributed by atoms with van der Waals surface area (Å²) in [5.41, 5.74) is 0.555. The van der Waals surface area contributed by atoms with Crippen molar-refractivity contribution in [3.63, 3.8) is 0 Å². The summed E-state index contributed by atoms with van der Waals surface area (Å²) in [5.74, 6) is -0.716. The van der Waals surface area contributed by atoms with Crippen LogP contribution in [0.1, 0.15) is 46.0 Å². The molecule has 3 rings (SSSR count). The van der Waals surface area contributed by atoms with E-state index in [4.69, 9.17) is 4.74 Å². The topological polar surface area (TPSA) is 70.7 Å². The van der Waals surface area contributed by atoms with Gasteiger partial charge in [0, 0.05) is 24.7 Å². The molecule has 2 fully saturated rings. The van der Waals surface area contributed by atoms with Gasteiger partial charge in [-0.3, -0.25) is 4.79 Å². The summed E-state index contributed by atoms with van der Waals surface area (Å²) in [6.07, 6.45) is 4.85. The summed E-state index contributed by atoms with van der Waals surface area (Å²) in [5, 5.41) is 5.47. The standard InChI is InChI=1S/C20H28FN3O3/c1-13-11-24(12-14(2)27-13)20(26)22-16-8-9-17(21)18(10-16)23-19(25)15-6-4-3-5-7-15/h8-10,13-15H,3-7,11-12H2,1-2H3,(H,22,26)(H,23,25)/t13-,14+. The predicted octanol–water partition coefficient (Wildman–Crippen LogP) is 3.99. The number of rotatable bonds is 3. The number of benzene rings is 1. The minimum Gasteiger partial charge on any atom is -0.372 e. The molecular formula is C20H28FN3O3. The Morgan fingerprint density at radius 1 is 1.07 bits per heavy atom. The van der Waals surface area contributed by atoms with Crippen LogP contribution in [0.2, 0.25) is 0 Å². The van der Waals surface area contributed by atoms with E-state index >= 15 is 0 Å². The van der Waals surface area contributed by atoms with E-state index in [1.54, 1.807) is 4.90 Å². The number of halogens is 1. The van der Waals surface area contributed by atoms with Crippen molar-refractivity contribution in [1.29, 1.82) is 0 Å². The van der Waals surface area contributed by atoms with Gasteiger partial charge in [0.05, 0.1) is 17.9 Å². The predicted molar refractivity (Wildman–Crippen MR) is 102 cm³/mol. The number of nitrogens with one attached hydrogen (secondary N) is 2. The molecule has 0 aromatic heterocycles. The van der Waals surface area contributed by atoms with Crippen molar-refractivity contribution in [1.82, 2.24) is 4.90 Å². The largest absolute Gasteiger partial charge is 0.372 e. The highest BCUT2D eigenvalue weighted by molar-refractivity contribution is 5.94. The van der Waals surface area contributed by atoms with Gasteiger partial charge >= 0.3 is 6.03 Å². The zero-order valence-corrected chi connectivity index (χ0v) is 16.0. The number of carbonyl (C=O) groups is 2. The molecule has 3 amide bonds. The molecule has 27 heavy (non-hydrogen) atoms. The molecule has 148 valence electrons. The first-order valence-corrected chi connectivity index (χ1v) is 9.74. The SMILES string of the molecule is C[C@@H]1CN(C(=O)Nc2ccc(F)c(NC(=O)C3CCCCC3)c2)C[C@H](C)O1. The Hall–Kier alpha value is -2.15. The Morgan fingerprint density at radius 2 is 1.74 bits per heavy atom. The first-order chi connectivity index (χ1) is 12.9. The molecule has 1 aromatic carbocycles. The molecule has 0 unspecified atom stereocenters. The lowest BCUT2D eigenvalue weighted by Crippen LogP contribution is -2.49. The summed E-state index contributed by atoms with van der Waals surface area (Å²) in [7, 11) is 0. The van der Waals surface area contributed by atoms with Crippen molar-refractivity contribution in [2.75, 3.05) is 23.7 Å². The number of ether oxygens (including phenoxy) is 1. The highest BCUT2D eigenvalue weighted by atomic mass is 19.1. The normalized spacial score (nSPS) is 23.7. The third-order valence-corrected chi connectivity index (χ3v) is 5.16. The lowest BCUT2D eigenvalue weighted by atomic mass is 9.88. The molecule has 1 aromatic rings. The zero-order chi connectivity index (χ0) is 19.4. The van der Waals surface area contributed by atoms with Crippen LogP contribution < -0.4 is 10.6 Å². The molecule has 1 heterocycles. The molecule has 0 bridgehead atoms. The third-order valence-electron chi connectivity index (χ3n) is 5.16. The van der Waals surface area contributed by atoms with Crippen molar-refractivity contribution in [3.8, 4) is 0 Å². The van der Waals surface area contributed by atoms with Crippen LogP contribution in [0.15, 0.2) is 18.2 Å². The number of hydrogen-bond donors (Lipinski definition) is 2. The van der Waals surface area contributed by atoms with E-state index in [-0.39, 0.29) is 35.8 Å². The van der Waals surface area contributed by atoms with Gasteiger partial charge in [-0.2, -0.15) is 0 Å². The number of hydrogen-bond acceptors (Lipinski definition) is 3. The number of carbonyl (C=O) groups excluding carboxylic acids is 2. The molecule has 6 nitrogen and oxygen atoms in total. The smallest absolute Gasteiger partial charge is 0.322 e. The van der Waals surface area contributed by atoms with Crippen LogP contribution in [0.3, 0.4) is 0 Å². The average Bonchev–Trinajstić information content (AvgIpc) is 2.64. The van der Waals surface area contributed by atoms with Crippen molar-refractivity contribution >= 4 is 23.3 Å². The summed E-state index contributed by atoms with van der Waals surface area (Å²) in [6, 6.07) is 3.97. The van der Waals surface area contributed by atoms with Crippen LogP contribution in [0, 0.1) is 11.7 Å². The van der Waals surface area contributed by atoms with Gasteiger partial charge < -0.3 is 20.3 Å². The van der Waals surface area contributed by atoms with Gasteiger partial charge in [0.1, 0.15) is 5.82 Å². The number of anilines is 2. The highest BCUT2D eigenvalue weighted by Crippen LogP contribution is 2.27. The quantitative estimate of drug-likeness (QED) is 0.837. The Labute approximate surface area is 159 Å². The van der Waals surface area contributed by atoms with Gasteiger partial charge in [0.2, 0.25) is 5.91 Å². The molecule has 2 atom stereocenters. The zero-order valence-electron chi connectivity index (χ0n) is 16.0.